The molecule has 0 aliphatic heterocycles. The van der Waals surface area contributed by atoms with E-state index in [9.17, 15) is 5.11 Å². The summed E-state index contributed by atoms with van der Waals surface area (Å²) in [5, 5.41) is 9.52. The molecule has 1 aliphatic carbocycles. The number of hydrogen-bond donors (Lipinski definition) is 2. The lowest BCUT2D eigenvalue weighted by Crippen LogP contribution is -2.17. The Hall–Kier alpha value is -0.830. The Morgan fingerprint density at radius 2 is 1.94 bits per heavy atom. The first-order valence-corrected chi connectivity index (χ1v) is 6.79. The number of aromatic amines is 1. The van der Waals surface area contributed by atoms with Gasteiger partial charge in [-0.3, -0.25) is 0 Å². The Morgan fingerprint density at radius 3 is 2.53 bits per heavy atom. The van der Waals surface area contributed by atoms with Crippen LogP contribution in [0.4, 0.5) is 0 Å². The maximum atomic E-state index is 9.52. The van der Waals surface area contributed by atoms with Gasteiger partial charge >= 0.3 is 0 Å². The Labute approximate surface area is 104 Å². The summed E-state index contributed by atoms with van der Waals surface area (Å²) in [5.74, 6) is 2.32. The summed E-state index contributed by atoms with van der Waals surface area (Å²) >= 11 is 0. The Kier molecular flexibility index (Phi) is 3.87. The normalized spacial score (nSPS) is 25.5. The van der Waals surface area contributed by atoms with Gasteiger partial charge in [-0.2, -0.15) is 0 Å². The molecule has 1 aliphatic rings. The molecule has 1 aromatic rings. The van der Waals surface area contributed by atoms with Crippen LogP contribution in [0.25, 0.3) is 0 Å². The summed E-state index contributed by atoms with van der Waals surface area (Å²) < 4.78 is 0. The van der Waals surface area contributed by atoms with Gasteiger partial charge in [-0.15, -0.1) is 0 Å². The van der Waals surface area contributed by atoms with E-state index in [0.717, 1.165) is 37.9 Å². The number of nitrogens with one attached hydrogen (secondary N) is 1. The molecule has 0 spiro atoms. The Balaban J connectivity index is 2.06. The first kappa shape index (κ1) is 12.6. The molecule has 0 aromatic carbocycles. The fourth-order valence-corrected chi connectivity index (χ4v) is 2.65. The van der Waals surface area contributed by atoms with E-state index >= 15 is 0 Å². The minimum atomic E-state index is -0.0857. The third kappa shape index (κ3) is 3.09. The molecule has 0 radical (unpaired) electrons. The van der Waals surface area contributed by atoms with Crippen LogP contribution in [0.1, 0.15) is 62.7 Å². The standard InChI is InChI=1S/C14H24N2O/c1-9(2)8-13-10(3)15-14(16-13)11-4-6-12(17)7-5-11/h9,11-12,17H,4-8H2,1-3H3,(H,15,16). The summed E-state index contributed by atoms with van der Waals surface area (Å²) in [6.07, 6.45) is 4.94. The van der Waals surface area contributed by atoms with Gasteiger partial charge in [0.1, 0.15) is 5.82 Å². The average molecular weight is 236 g/mol. The van der Waals surface area contributed by atoms with E-state index in [1.54, 1.807) is 0 Å². The van der Waals surface area contributed by atoms with Gasteiger partial charge in [0.2, 0.25) is 0 Å². The first-order chi connectivity index (χ1) is 8.06. The number of aliphatic hydroxyl groups is 1. The SMILES string of the molecule is Cc1[nH]c(C2CCC(O)CC2)nc1CC(C)C. The topological polar surface area (TPSA) is 48.9 Å². The molecule has 1 heterocycles. The maximum Gasteiger partial charge on any atom is 0.109 e. The van der Waals surface area contributed by atoms with Crippen molar-refractivity contribution in [3.8, 4) is 0 Å². The van der Waals surface area contributed by atoms with Gasteiger partial charge in [0.15, 0.2) is 0 Å². The summed E-state index contributed by atoms with van der Waals surface area (Å²) in [7, 11) is 0. The van der Waals surface area contributed by atoms with Gasteiger partial charge < -0.3 is 10.1 Å². The largest absolute Gasteiger partial charge is 0.393 e. The quantitative estimate of drug-likeness (QED) is 0.847. The number of imidazole rings is 1. The molecule has 0 amide bonds. The molecule has 0 saturated heterocycles. The van der Waals surface area contributed by atoms with E-state index in [1.165, 1.54) is 11.4 Å². The predicted molar refractivity (Wildman–Crippen MR) is 69.1 cm³/mol. The van der Waals surface area contributed by atoms with Crippen molar-refractivity contribution in [1.29, 1.82) is 0 Å². The van der Waals surface area contributed by atoms with Gasteiger partial charge in [-0.25, -0.2) is 4.98 Å². The zero-order valence-electron chi connectivity index (χ0n) is 11.2. The first-order valence-electron chi connectivity index (χ1n) is 6.79. The van der Waals surface area contributed by atoms with E-state index in [2.05, 4.69) is 25.8 Å². The molecule has 3 nitrogen and oxygen atoms in total. The van der Waals surface area contributed by atoms with E-state index in [0.29, 0.717) is 11.8 Å². The number of nitrogens with zero attached hydrogens (tertiary/aromatic N) is 1. The fourth-order valence-electron chi connectivity index (χ4n) is 2.65. The van der Waals surface area contributed by atoms with Gasteiger partial charge in [-0.1, -0.05) is 13.8 Å². The Morgan fingerprint density at radius 1 is 1.29 bits per heavy atom. The number of rotatable bonds is 3. The lowest BCUT2D eigenvalue weighted by molar-refractivity contribution is 0.121. The van der Waals surface area contributed by atoms with E-state index in [-0.39, 0.29) is 6.10 Å². The molecule has 1 fully saturated rings. The van der Waals surface area contributed by atoms with E-state index in [1.807, 2.05) is 0 Å². The highest BCUT2D eigenvalue weighted by Crippen LogP contribution is 2.31. The van der Waals surface area contributed by atoms with E-state index < -0.39 is 0 Å². The van der Waals surface area contributed by atoms with Crippen LogP contribution in [0.2, 0.25) is 0 Å². The highest BCUT2D eigenvalue weighted by atomic mass is 16.3. The molecule has 0 unspecified atom stereocenters. The van der Waals surface area contributed by atoms with Crippen LogP contribution in [0.5, 0.6) is 0 Å². The monoisotopic (exact) mass is 236 g/mol. The predicted octanol–water partition coefficient (Wildman–Crippen LogP) is 2.94. The summed E-state index contributed by atoms with van der Waals surface area (Å²) in [5.41, 5.74) is 2.45. The van der Waals surface area contributed by atoms with Gasteiger partial charge in [0.05, 0.1) is 11.8 Å². The van der Waals surface area contributed by atoms with Gasteiger partial charge in [-0.05, 0) is 44.9 Å². The molecule has 3 heteroatoms. The molecule has 17 heavy (non-hydrogen) atoms. The molecule has 0 bridgehead atoms. The van der Waals surface area contributed by atoms with Crippen LogP contribution in [0.3, 0.4) is 0 Å². The second-order valence-electron chi connectivity index (χ2n) is 5.80. The van der Waals surface area contributed by atoms with Crippen LogP contribution in [0.15, 0.2) is 0 Å². The van der Waals surface area contributed by atoms with Crippen molar-refractivity contribution in [3.63, 3.8) is 0 Å². The number of H-pyrrole nitrogens is 1. The molecule has 2 N–H and O–H groups in total. The molecule has 1 aromatic heterocycles. The third-order valence-electron chi connectivity index (χ3n) is 3.69. The smallest absolute Gasteiger partial charge is 0.109 e. The molecule has 0 atom stereocenters. The second kappa shape index (κ2) is 5.21. The number of aliphatic hydroxyl groups excluding tert-OH is 1. The highest BCUT2D eigenvalue weighted by Gasteiger charge is 2.23. The number of aryl methyl sites for hydroxylation is 1. The van der Waals surface area contributed by atoms with Crippen LogP contribution in [-0.2, 0) is 6.42 Å². The summed E-state index contributed by atoms with van der Waals surface area (Å²) in [6.45, 7) is 6.57. The van der Waals surface area contributed by atoms with Crippen molar-refractivity contribution in [2.24, 2.45) is 5.92 Å². The second-order valence-corrected chi connectivity index (χ2v) is 5.80. The fraction of sp³-hybridized carbons (Fsp3) is 0.786. The molecule has 2 rings (SSSR count). The van der Waals surface area contributed by atoms with E-state index in [4.69, 9.17) is 4.98 Å². The summed E-state index contributed by atoms with van der Waals surface area (Å²) in [4.78, 5) is 8.20. The summed E-state index contributed by atoms with van der Waals surface area (Å²) in [6, 6.07) is 0. The van der Waals surface area contributed by atoms with Crippen molar-refractivity contribution >= 4 is 0 Å². The molecular weight excluding hydrogens is 212 g/mol. The van der Waals surface area contributed by atoms with Crippen molar-refractivity contribution < 1.29 is 5.11 Å². The maximum absolute atomic E-state index is 9.52. The van der Waals surface area contributed by atoms with Crippen molar-refractivity contribution in [2.75, 3.05) is 0 Å². The Bertz CT molecular complexity index is 362. The average Bonchev–Trinajstić information content (AvgIpc) is 2.60. The minimum absolute atomic E-state index is 0.0857. The zero-order chi connectivity index (χ0) is 12.4. The molecule has 1 saturated carbocycles. The van der Waals surface area contributed by atoms with Crippen molar-refractivity contribution in [2.45, 2.75) is 64.9 Å². The van der Waals surface area contributed by atoms with Crippen LogP contribution in [0, 0.1) is 12.8 Å². The van der Waals surface area contributed by atoms with Crippen molar-refractivity contribution in [3.05, 3.63) is 17.2 Å². The highest BCUT2D eigenvalue weighted by molar-refractivity contribution is 5.16. The molecule has 96 valence electrons. The van der Waals surface area contributed by atoms with Crippen LogP contribution >= 0.6 is 0 Å². The lowest BCUT2D eigenvalue weighted by Gasteiger charge is -2.23. The third-order valence-corrected chi connectivity index (χ3v) is 3.69. The van der Waals surface area contributed by atoms with Crippen LogP contribution < -0.4 is 0 Å². The van der Waals surface area contributed by atoms with Gasteiger partial charge in [0, 0.05) is 11.6 Å². The lowest BCUT2D eigenvalue weighted by atomic mass is 9.87. The van der Waals surface area contributed by atoms with Crippen LogP contribution in [-0.4, -0.2) is 21.2 Å². The number of hydrogen-bond acceptors (Lipinski definition) is 2. The zero-order valence-corrected chi connectivity index (χ0v) is 11.2. The van der Waals surface area contributed by atoms with Crippen molar-refractivity contribution in [1.82, 2.24) is 9.97 Å². The minimum Gasteiger partial charge on any atom is -0.393 e. The number of aromatic nitrogens is 2. The molecular formula is C14H24N2O. The van der Waals surface area contributed by atoms with Gasteiger partial charge in [0.25, 0.3) is 0 Å².